The predicted molar refractivity (Wildman–Crippen MR) is 118 cm³/mol. The number of amides is 1. The van der Waals surface area contributed by atoms with Crippen molar-refractivity contribution in [3.63, 3.8) is 0 Å². The third-order valence-corrected chi connectivity index (χ3v) is 7.48. The molecule has 0 aliphatic carbocycles. The number of oxazole rings is 1. The molecule has 8 nitrogen and oxygen atoms in total. The lowest BCUT2D eigenvalue weighted by Crippen LogP contribution is -2.27. The average molecular weight is 444 g/mol. The van der Waals surface area contributed by atoms with Crippen LogP contribution in [0.4, 0.5) is 5.69 Å². The first-order valence-electron chi connectivity index (χ1n) is 10.2. The fourth-order valence-electron chi connectivity index (χ4n) is 4.13. The van der Waals surface area contributed by atoms with E-state index < -0.39 is 15.8 Å². The zero-order valence-corrected chi connectivity index (χ0v) is 18.6. The molecule has 1 aromatic heterocycles. The smallest absolute Gasteiger partial charge is 0.408 e. The van der Waals surface area contributed by atoms with Gasteiger partial charge in [-0.3, -0.25) is 9.36 Å². The van der Waals surface area contributed by atoms with E-state index in [1.54, 1.807) is 0 Å². The van der Waals surface area contributed by atoms with Crippen molar-refractivity contribution < 1.29 is 17.6 Å². The molecule has 4 rings (SSSR count). The number of carbonyl (C=O) groups excluding carboxylic acids is 1. The van der Waals surface area contributed by atoms with Gasteiger partial charge in [0.1, 0.15) is 6.54 Å². The number of hydrogen-bond donors (Lipinski definition) is 1. The fraction of sp³-hybridized carbons (Fsp3) is 0.364. The lowest BCUT2D eigenvalue weighted by atomic mass is 10.1. The molecule has 0 atom stereocenters. The summed E-state index contributed by atoms with van der Waals surface area (Å²) in [7, 11) is -3.63. The van der Waals surface area contributed by atoms with Crippen LogP contribution in [0.2, 0.25) is 0 Å². The van der Waals surface area contributed by atoms with Crippen LogP contribution >= 0.6 is 0 Å². The predicted octanol–water partition coefficient (Wildman–Crippen LogP) is 2.94. The van der Waals surface area contributed by atoms with Crippen LogP contribution in [0.15, 0.2) is 44.4 Å². The number of benzene rings is 2. The molecule has 1 amide bonds. The number of aromatic nitrogens is 1. The van der Waals surface area contributed by atoms with E-state index in [4.69, 9.17) is 4.42 Å². The summed E-state index contributed by atoms with van der Waals surface area (Å²) in [4.78, 5) is 25.1. The van der Waals surface area contributed by atoms with Crippen molar-refractivity contribution in [1.82, 2.24) is 8.87 Å². The van der Waals surface area contributed by atoms with Crippen LogP contribution in [0.1, 0.15) is 29.5 Å². The maximum absolute atomic E-state index is 12.8. The van der Waals surface area contributed by atoms with Gasteiger partial charge in [-0.1, -0.05) is 17.7 Å². The Morgan fingerprint density at radius 2 is 1.71 bits per heavy atom. The first kappa shape index (κ1) is 21.3. The molecule has 1 saturated heterocycles. The Morgan fingerprint density at radius 1 is 1.06 bits per heavy atom. The minimum atomic E-state index is -3.63. The Balaban J connectivity index is 1.61. The van der Waals surface area contributed by atoms with Crippen LogP contribution in [-0.4, -0.2) is 36.3 Å². The highest BCUT2D eigenvalue weighted by Gasteiger charge is 2.28. The molecule has 0 radical (unpaired) electrons. The van der Waals surface area contributed by atoms with Gasteiger partial charge >= 0.3 is 5.76 Å². The van der Waals surface area contributed by atoms with Gasteiger partial charge in [0.2, 0.25) is 15.9 Å². The van der Waals surface area contributed by atoms with E-state index in [1.807, 2.05) is 32.9 Å². The average Bonchev–Trinajstić information content (AvgIpc) is 3.33. The third kappa shape index (κ3) is 4.03. The molecule has 1 N–H and O–H groups in total. The van der Waals surface area contributed by atoms with Gasteiger partial charge in [-0.2, -0.15) is 4.31 Å². The Hall–Kier alpha value is -2.91. The van der Waals surface area contributed by atoms with Crippen molar-refractivity contribution in [2.24, 2.45) is 0 Å². The van der Waals surface area contributed by atoms with Crippen LogP contribution in [0, 0.1) is 20.8 Å². The zero-order chi connectivity index (χ0) is 22.3. The van der Waals surface area contributed by atoms with E-state index in [0.717, 1.165) is 35.2 Å². The minimum absolute atomic E-state index is 0.0816. The second kappa shape index (κ2) is 7.97. The summed E-state index contributed by atoms with van der Waals surface area (Å²) in [6.45, 7) is 6.55. The molecule has 0 spiro atoms. The van der Waals surface area contributed by atoms with Crippen molar-refractivity contribution in [1.29, 1.82) is 0 Å². The van der Waals surface area contributed by atoms with Crippen LogP contribution in [0.5, 0.6) is 0 Å². The monoisotopic (exact) mass is 443 g/mol. The molecule has 0 saturated carbocycles. The molecular weight excluding hydrogens is 418 g/mol. The molecule has 0 unspecified atom stereocenters. The molecule has 0 bridgehead atoms. The van der Waals surface area contributed by atoms with E-state index in [2.05, 4.69) is 5.32 Å². The molecule has 31 heavy (non-hydrogen) atoms. The van der Waals surface area contributed by atoms with Crippen molar-refractivity contribution in [3.05, 3.63) is 57.6 Å². The maximum Gasteiger partial charge on any atom is 0.420 e. The van der Waals surface area contributed by atoms with Crippen molar-refractivity contribution in [2.75, 3.05) is 18.4 Å². The standard InChI is InChI=1S/C22H25N3O5S/c1-14-10-15(2)21(16(3)11-14)23-20(26)13-25-18-7-6-17(12-19(18)30-22(25)27)31(28,29)24-8-4-5-9-24/h6-7,10-12H,4-5,8-9,13H2,1-3H3,(H,23,26). The van der Waals surface area contributed by atoms with Gasteiger partial charge in [0, 0.05) is 24.8 Å². The molecule has 164 valence electrons. The van der Waals surface area contributed by atoms with E-state index in [-0.39, 0.29) is 22.9 Å². The fourth-order valence-corrected chi connectivity index (χ4v) is 5.67. The maximum atomic E-state index is 12.8. The van der Waals surface area contributed by atoms with Crippen molar-refractivity contribution >= 4 is 32.7 Å². The lowest BCUT2D eigenvalue weighted by Gasteiger charge is -2.15. The summed E-state index contributed by atoms with van der Waals surface area (Å²) < 4.78 is 33.4. The number of carbonyl (C=O) groups is 1. The van der Waals surface area contributed by atoms with Crippen molar-refractivity contribution in [2.45, 2.75) is 45.1 Å². The molecule has 2 heterocycles. The Labute approximate surface area is 180 Å². The highest BCUT2D eigenvalue weighted by atomic mass is 32.2. The molecule has 2 aromatic carbocycles. The summed E-state index contributed by atoms with van der Waals surface area (Å²) in [6, 6.07) is 8.27. The number of nitrogens with zero attached hydrogens (tertiary/aromatic N) is 2. The normalized spacial score (nSPS) is 14.9. The summed E-state index contributed by atoms with van der Waals surface area (Å²) in [5.74, 6) is -1.08. The molecule has 1 fully saturated rings. The number of sulfonamides is 1. The van der Waals surface area contributed by atoms with Crippen LogP contribution in [-0.2, 0) is 21.4 Å². The minimum Gasteiger partial charge on any atom is -0.408 e. The summed E-state index contributed by atoms with van der Waals surface area (Å²) in [5, 5.41) is 2.87. The van der Waals surface area contributed by atoms with Gasteiger partial charge in [0.05, 0.1) is 10.4 Å². The number of anilines is 1. The summed E-state index contributed by atoms with van der Waals surface area (Å²) in [5.41, 5.74) is 4.21. The second-order valence-electron chi connectivity index (χ2n) is 8.02. The molecule has 1 aliphatic rings. The Kier molecular flexibility index (Phi) is 5.49. The SMILES string of the molecule is Cc1cc(C)c(NC(=O)Cn2c(=O)oc3cc(S(=O)(=O)N4CCCC4)ccc32)c(C)c1. The number of nitrogens with one attached hydrogen (secondary N) is 1. The lowest BCUT2D eigenvalue weighted by molar-refractivity contribution is -0.116. The van der Waals surface area contributed by atoms with Gasteiger partial charge in [-0.05, 0) is 56.9 Å². The highest BCUT2D eigenvalue weighted by Crippen LogP contribution is 2.25. The van der Waals surface area contributed by atoms with Crippen LogP contribution < -0.4 is 11.1 Å². The summed E-state index contributed by atoms with van der Waals surface area (Å²) in [6.07, 6.45) is 1.67. The van der Waals surface area contributed by atoms with Crippen LogP contribution in [0.3, 0.4) is 0 Å². The first-order chi connectivity index (χ1) is 14.7. The molecule has 9 heteroatoms. The third-order valence-electron chi connectivity index (χ3n) is 5.59. The van der Waals surface area contributed by atoms with Gasteiger partial charge in [0.15, 0.2) is 5.58 Å². The quantitative estimate of drug-likeness (QED) is 0.653. The van der Waals surface area contributed by atoms with Gasteiger partial charge in [0.25, 0.3) is 0 Å². The highest BCUT2D eigenvalue weighted by molar-refractivity contribution is 7.89. The zero-order valence-electron chi connectivity index (χ0n) is 17.8. The number of fused-ring (bicyclic) bond motifs is 1. The molecule has 3 aromatic rings. The number of aryl methyl sites for hydroxylation is 3. The van der Waals surface area contributed by atoms with Gasteiger partial charge in [-0.15, -0.1) is 0 Å². The van der Waals surface area contributed by atoms with E-state index >= 15 is 0 Å². The van der Waals surface area contributed by atoms with E-state index in [9.17, 15) is 18.0 Å². The largest absolute Gasteiger partial charge is 0.420 e. The molecular formula is C22H25N3O5S. The van der Waals surface area contributed by atoms with E-state index in [0.29, 0.717) is 18.6 Å². The Morgan fingerprint density at radius 3 is 2.35 bits per heavy atom. The summed E-state index contributed by atoms with van der Waals surface area (Å²) >= 11 is 0. The number of rotatable bonds is 5. The van der Waals surface area contributed by atoms with Crippen molar-refractivity contribution in [3.8, 4) is 0 Å². The van der Waals surface area contributed by atoms with Gasteiger partial charge in [-0.25, -0.2) is 13.2 Å². The first-order valence-corrected chi connectivity index (χ1v) is 11.6. The topological polar surface area (TPSA) is 102 Å². The number of hydrogen-bond acceptors (Lipinski definition) is 5. The Bertz CT molecular complexity index is 1310. The second-order valence-corrected chi connectivity index (χ2v) is 9.95. The van der Waals surface area contributed by atoms with Gasteiger partial charge < -0.3 is 9.73 Å². The molecule has 1 aliphatic heterocycles. The van der Waals surface area contributed by atoms with E-state index in [1.165, 1.54) is 27.1 Å². The van der Waals surface area contributed by atoms with Crippen LogP contribution in [0.25, 0.3) is 11.1 Å².